The first-order valence-electron chi connectivity index (χ1n) is 8.50. The molecule has 24 heavy (non-hydrogen) atoms. The first-order chi connectivity index (χ1) is 11.6. The van der Waals surface area contributed by atoms with Gasteiger partial charge in [-0.25, -0.2) is 4.68 Å². The van der Waals surface area contributed by atoms with Crippen molar-refractivity contribution in [2.24, 2.45) is 0 Å². The molecule has 3 heterocycles. The van der Waals surface area contributed by atoms with E-state index in [1.165, 1.54) is 0 Å². The van der Waals surface area contributed by atoms with Crippen molar-refractivity contribution in [2.75, 3.05) is 24.7 Å². The van der Waals surface area contributed by atoms with E-state index in [9.17, 15) is 0 Å². The second-order valence-electron chi connectivity index (χ2n) is 7.09. The zero-order chi connectivity index (χ0) is 16.6. The van der Waals surface area contributed by atoms with E-state index in [1.807, 2.05) is 22.9 Å². The number of rotatable bonds is 2. The number of hydrogen-bond acceptors (Lipinski definition) is 6. The monoisotopic (exact) mass is 329 g/mol. The minimum atomic E-state index is -0.320. The van der Waals surface area contributed by atoms with Crippen molar-refractivity contribution in [1.29, 1.82) is 0 Å². The normalized spacial score (nSPS) is 21.0. The third-order valence-corrected chi connectivity index (χ3v) is 4.59. The predicted molar refractivity (Wildman–Crippen MR) is 89.1 cm³/mol. The molecular formula is C17H23N5O2. The summed E-state index contributed by atoms with van der Waals surface area (Å²) in [7, 11) is 0. The zero-order valence-corrected chi connectivity index (χ0v) is 14.2. The summed E-state index contributed by atoms with van der Waals surface area (Å²) in [5.74, 6) is 1.75. The molecule has 0 spiro atoms. The van der Waals surface area contributed by atoms with Gasteiger partial charge in [-0.15, -0.1) is 0 Å². The first-order valence-corrected chi connectivity index (χ1v) is 8.50. The van der Waals surface area contributed by atoms with Gasteiger partial charge in [-0.05, 0) is 43.2 Å². The number of nitrogens with zero attached hydrogens (tertiary/aromatic N) is 5. The van der Waals surface area contributed by atoms with E-state index >= 15 is 0 Å². The summed E-state index contributed by atoms with van der Waals surface area (Å²) in [6.45, 7) is 7.20. The fourth-order valence-corrected chi connectivity index (χ4v) is 3.49. The predicted octanol–water partition coefficient (Wildman–Crippen LogP) is 2.20. The van der Waals surface area contributed by atoms with Gasteiger partial charge in [-0.3, -0.25) is 0 Å². The van der Waals surface area contributed by atoms with Gasteiger partial charge in [0.25, 0.3) is 0 Å². The van der Waals surface area contributed by atoms with E-state index in [0.717, 1.165) is 56.4 Å². The van der Waals surface area contributed by atoms with Crippen LogP contribution in [0.3, 0.4) is 0 Å². The molecule has 0 bridgehead atoms. The number of para-hydroxylation sites is 1. The van der Waals surface area contributed by atoms with E-state index in [1.54, 1.807) is 0 Å². The summed E-state index contributed by atoms with van der Waals surface area (Å²) < 4.78 is 13.7. The van der Waals surface area contributed by atoms with Crippen LogP contribution in [0.15, 0.2) is 24.3 Å². The molecule has 1 fully saturated rings. The average molecular weight is 329 g/mol. The van der Waals surface area contributed by atoms with Crippen LogP contribution in [-0.2, 0) is 11.3 Å². The molecule has 0 aliphatic carbocycles. The highest BCUT2D eigenvalue weighted by atomic mass is 16.5. The molecule has 4 rings (SSSR count). The maximum absolute atomic E-state index is 6.22. The molecule has 0 atom stereocenters. The first kappa shape index (κ1) is 15.4. The van der Waals surface area contributed by atoms with Crippen LogP contribution in [0.2, 0.25) is 0 Å². The Balaban J connectivity index is 1.68. The van der Waals surface area contributed by atoms with Crippen LogP contribution < -0.4 is 9.64 Å². The summed E-state index contributed by atoms with van der Waals surface area (Å²) in [5.41, 5.74) is 0.837. The number of fused-ring (bicyclic) bond motifs is 1. The third kappa shape index (κ3) is 2.96. The van der Waals surface area contributed by atoms with Gasteiger partial charge in [0.1, 0.15) is 11.4 Å². The largest absolute Gasteiger partial charge is 0.486 e. The topological polar surface area (TPSA) is 65.3 Å². The molecule has 1 aromatic heterocycles. The third-order valence-electron chi connectivity index (χ3n) is 4.59. The minimum absolute atomic E-state index is 0.297. The zero-order valence-electron chi connectivity index (χ0n) is 14.2. The number of benzene rings is 1. The van der Waals surface area contributed by atoms with Crippen LogP contribution in [0.25, 0.3) is 0 Å². The van der Waals surface area contributed by atoms with Crippen molar-refractivity contribution in [3.8, 4) is 5.75 Å². The number of ether oxygens (including phenoxy) is 2. The Morgan fingerprint density at radius 2 is 1.96 bits per heavy atom. The van der Waals surface area contributed by atoms with Crippen molar-refractivity contribution >= 4 is 5.95 Å². The number of hydrogen-bond donors (Lipinski definition) is 0. The molecule has 0 N–H and O–H groups in total. The van der Waals surface area contributed by atoms with Crippen LogP contribution in [0, 0.1) is 0 Å². The van der Waals surface area contributed by atoms with Gasteiger partial charge in [0.05, 0.1) is 12.6 Å². The molecule has 2 aromatic rings. The Kier molecular flexibility index (Phi) is 3.88. The smallest absolute Gasteiger partial charge is 0.246 e. The van der Waals surface area contributed by atoms with Gasteiger partial charge in [0.2, 0.25) is 5.95 Å². The SMILES string of the molecule is CC1(C)CN(c2nnnn2C2CCOCC2)Cc2ccccc2O1. The second-order valence-corrected chi connectivity index (χ2v) is 7.09. The maximum atomic E-state index is 6.22. The second kappa shape index (κ2) is 6.05. The lowest BCUT2D eigenvalue weighted by molar-refractivity contribution is 0.0657. The van der Waals surface area contributed by atoms with Gasteiger partial charge in [0, 0.05) is 25.3 Å². The molecular weight excluding hydrogens is 306 g/mol. The quantitative estimate of drug-likeness (QED) is 0.841. The maximum Gasteiger partial charge on any atom is 0.246 e. The molecule has 0 radical (unpaired) electrons. The molecule has 2 aliphatic rings. The van der Waals surface area contributed by atoms with Crippen LogP contribution in [0.4, 0.5) is 5.95 Å². The molecule has 1 saturated heterocycles. The molecule has 1 aromatic carbocycles. The molecule has 2 aliphatic heterocycles. The van der Waals surface area contributed by atoms with Crippen molar-refractivity contribution in [3.63, 3.8) is 0 Å². The molecule has 0 unspecified atom stereocenters. The summed E-state index contributed by atoms with van der Waals surface area (Å²) in [6.07, 6.45) is 1.89. The van der Waals surface area contributed by atoms with Gasteiger partial charge >= 0.3 is 0 Å². The molecule has 7 nitrogen and oxygen atoms in total. The van der Waals surface area contributed by atoms with Gasteiger partial charge < -0.3 is 14.4 Å². The minimum Gasteiger partial charge on any atom is -0.486 e. The summed E-state index contributed by atoms with van der Waals surface area (Å²) in [4.78, 5) is 2.22. The number of anilines is 1. The average Bonchev–Trinajstić information content (AvgIpc) is 3.01. The van der Waals surface area contributed by atoms with E-state index in [2.05, 4.69) is 40.3 Å². The standard InChI is InChI=1S/C17H23N5O2/c1-17(2)12-21(11-13-5-3-4-6-15(13)24-17)16-18-19-20-22(16)14-7-9-23-10-8-14/h3-6,14H,7-12H2,1-2H3. The van der Waals surface area contributed by atoms with Crippen molar-refractivity contribution in [1.82, 2.24) is 20.2 Å². The van der Waals surface area contributed by atoms with E-state index < -0.39 is 0 Å². The Morgan fingerprint density at radius 3 is 2.79 bits per heavy atom. The van der Waals surface area contributed by atoms with E-state index in [0.29, 0.717) is 6.04 Å². The highest BCUT2D eigenvalue weighted by molar-refractivity contribution is 5.41. The van der Waals surface area contributed by atoms with Crippen LogP contribution in [-0.4, -0.2) is 45.6 Å². The lowest BCUT2D eigenvalue weighted by atomic mass is 10.1. The Hall–Kier alpha value is -2.15. The molecule has 128 valence electrons. The van der Waals surface area contributed by atoms with Gasteiger partial charge in [-0.1, -0.05) is 23.3 Å². The molecule has 0 saturated carbocycles. The van der Waals surface area contributed by atoms with Crippen molar-refractivity contribution < 1.29 is 9.47 Å². The van der Waals surface area contributed by atoms with Crippen LogP contribution in [0.5, 0.6) is 5.75 Å². The summed E-state index contributed by atoms with van der Waals surface area (Å²) in [6, 6.07) is 8.48. The molecule has 7 heteroatoms. The van der Waals surface area contributed by atoms with Crippen LogP contribution in [0.1, 0.15) is 38.3 Å². The van der Waals surface area contributed by atoms with Crippen molar-refractivity contribution in [2.45, 2.75) is 44.9 Å². The fourth-order valence-electron chi connectivity index (χ4n) is 3.49. The Bertz CT molecular complexity index is 709. The lowest BCUT2D eigenvalue weighted by Gasteiger charge is -2.31. The molecule has 0 amide bonds. The summed E-state index contributed by atoms with van der Waals surface area (Å²) >= 11 is 0. The highest BCUT2D eigenvalue weighted by Gasteiger charge is 2.32. The number of aromatic nitrogens is 4. The van der Waals surface area contributed by atoms with E-state index in [4.69, 9.17) is 9.47 Å². The van der Waals surface area contributed by atoms with Gasteiger partial charge in [-0.2, -0.15) is 0 Å². The van der Waals surface area contributed by atoms with Crippen LogP contribution >= 0.6 is 0 Å². The highest BCUT2D eigenvalue weighted by Crippen LogP contribution is 2.32. The number of tetrazole rings is 1. The Morgan fingerprint density at radius 1 is 1.17 bits per heavy atom. The lowest BCUT2D eigenvalue weighted by Crippen LogP contribution is -2.42. The fraction of sp³-hybridized carbons (Fsp3) is 0.588. The van der Waals surface area contributed by atoms with E-state index in [-0.39, 0.29) is 5.60 Å². The Labute approximate surface area is 141 Å². The van der Waals surface area contributed by atoms with Crippen molar-refractivity contribution in [3.05, 3.63) is 29.8 Å². The summed E-state index contributed by atoms with van der Waals surface area (Å²) in [5, 5.41) is 12.5. The van der Waals surface area contributed by atoms with Gasteiger partial charge in [0.15, 0.2) is 0 Å².